The van der Waals surface area contributed by atoms with Gasteiger partial charge in [-0.05, 0) is 36.3 Å². The van der Waals surface area contributed by atoms with Crippen LogP contribution in [-0.2, 0) is 17.9 Å². The molecule has 4 rings (SSSR count). The van der Waals surface area contributed by atoms with Gasteiger partial charge in [-0.15, -0.1) is 10.2 Å². The molecule has 0 aliphatic rings. The molecule has 9 heteroatoms. The number of aryl methyl sites for hydroxylation is 1. The molecule has 0 aliphatic carbocycles. The zero-order chi connectivity index (χ0) is 23.6. The summed E-state index contributed by atoms with van der Waals surface area (Å²) in [5, 5.41) is 15.4. The van der Waals surface area contributed by atoms with Gasteiger partial charge in [-0.3, -0.25) is 4.79 Å². The van der Waals surface area contributed by atoms with Crippen LogP contribution >= 0.6 is 0 Å². The van der Waals surface area contributed by atoms with Crippen molar-refractivity contribution in [1.29, 1.82) is 0 Å². The van der Waals surface area contributed by atoms with Crippen molar-refractivity contribution in [3.8, 4) is 28.8 Å². The fraction of sp³-hybridized carbons (Fsp3) is 0.240. The van der Waals surface area contributed by atoms with Crippen molar-refractivity contribution in [2.45, 2.75) is 32.9 Å². The number of benzene rings is 2. The predicted octanol–water partition coefficient (Wildman–Crippen LogP) is 4.02. The van der Waals surface area contributed by atoms with Gasteiger partial charge in [0, 0.05) is 30.8 Å². The molecule has 0 spiro atoms. The van der Waals surface area contributed by atoms with Gasteiger partial charge < -0.3 is 14.8 Å². The van der Waals surface area contributed by atoms with Gasteiger partial charge in [0.2, 0.25) is 17.6 Å². The molecule has 1 amide bonds. The highest BCUT2D eigenvalue weighted by Crippen LogP contribution is 2.30. The summed E-state index contributed by atoms with van der Waals surface area (Å²) in [6, 6.07) is 20.8. The van der Waals surface area contributed by atoms with E-state index in [4.69, 9.17) is 9.47 Å². The molecule has 0 aliphatic heterocycles. The molecule has 0 bridgehead atoms. The number of amides is 1. The number of carbonyl (C=O) groups is 1. The third-order valence-corrected chi connectivity index (χ3v) is 4.90. The van der Waals surface area contributed by atoms with Crippen LogP contribution in [0.2, 0.25) is 0 Å². The molecular weight excluding hydrogens is 432 g/mol. The van der Waals surface area contributed by atoms with Gasteiger partial charge in [0.15, 0.2) is 11.5 Å². The first kappa shape index (κ1) is 22.9. The van der Waals surface area contributed by atoms with Crippen LogP contribution < -0.4 is 14.8 Å². The lowest BCUT2D eigenvalue weighted by Crippen LogP contribution is -2.23. The number of ether oxygens (including phenoxy) is 2. The number of para-hydroxylation sites is 2. The van der Waals surface area contributed by atoms with E-state index in [2.05, 4.69) is 25.7 Å². The number of tetrazole rings is 1. The smallest absolute Gasteiger partial charge is 0.220 e. The number of nitrogens with one attached hydrogen (secondary N) is 1. The molecule has 0 saturated heterocycles. The molecule has 2 heterocycles. The maximum Gasteiger partial charge on any atom is 0.220 e. The Morgan fingerprint density at radius 1 is 1.00 bits per heavy atom. The SMILES string of the molecule is CCOc1ccccc1Oc1ccc(CNC(=O)CCCn2nnc(-c3ccccc3)n2)cn1. The molecule has 2 aromatic carbocycles. The minimum Gasteiger partial charge on any atom is -0.490 e. The first-order chi connectivity index (χ1) is 16.7. The molecule has 2 aromatic heterocycles. The minimum absolute atomic E-state index is 0.0469. The first-order valence-corrected chi connectivity index (χ1v) is 11.2. The van der Waals surface area contributed by atoms with Crippen LogP contribution in [-0.4, -0.2) is 37.7 Å². The number of pyridine rings is 1. The van der Waals surface area contributed by atoms with E-state index in [0.29, 0.717) is 55.7 Å². The third kappa shape index (κ3) is 6.38. The van der Waals surface area contributed by atoms with Gasteiger partial charge in [0.05, 0.1) is 13.2 Å². The fourth-order valence-corrected chi connectivity index (χ4v) is 3.21. The van der Waals surface area contributed by atoms with Gasteiger partial charge in [-0.2, -0.15) is 4.80 Å². The molecule has 0 fully saturated rings. The second-order valence-electron chi connectivity index (χ2n) is 7.44. The number of hydrogen-bond donors (Lipinski definition) is 1. The van der Waals surface area contributed by atoms with Crippen molar-refractivity contribution in [2.75, 3.05) is 6.61 Å². The van der Waals surface area contributed by atoms with Gasteiger partial charge in [-0.25, -0.2) is 4.98 Å². The van der Waals surface area contributed by atoms with E-state index in [1.54, 1.807) is 12.3 Å². The second kappa shape index (κ2) is 11.6. The predicted molar refractivity (Wildman–Crippen MR) is 126 cm³/mol. The maximum atomic E-state index is 12.2. The van der Waals surface area contributed by atoms with Crippen LogP contribution in [0.25, 0.3) is 11.4 Å². The number of aromatic nitrogens is 5. The summed E-state index contributed by atoms with van der Waals surface area (Å²) in [4.78, 5) is 18.0. The van der Waals surface area contributed by atoms with Gasteiger partial charge >= 0.3 is 0 Å². The molecule has 34 heavy (non-hydrogen) atoms. The Bertz CT molecular complexity index is 1190. The molecule has 0 saturated carbocycles. The third-order valence-electron chi connectivity index (χ3n) is 4.90. The number of nitrogens with zero attached hydrogens (tertiary/aromatic N) is 5. The van der Waals surface area contributed by atoms with Crippen LogP contribution in [0.1, 0.15) is 25.3 Å². The molecule has 174 valence electrons. The van der Waals surface area contributed by atoms with Crippen molar-refractivity contribution < 1.29 is 14.3 Å². The summed E-state index contributed by atoms with van der Waals surface area (Å²) in [5.74, 6) is 2.26. The zero-order valence-electron chi connectivity index (χ0n) is 18.9. The van der Waals surface area contributed by atoms with Gasteiger partial charge in [-0.1, -0.05) is 48.5 Å². The summed E-state index contributed by atoms with van der Waals surface area (Å²) in [5.41, 5.74) is 1.79. The highest BCUT2D eigenvalue weighted by molar-refractivity contribution is 5.75. The molecule has 0 atom stereocenters. The number of carbonyl (C=O) groups excluding carboxylic acids is 1. The average Bonchev–Trinajstić information content (AvgIpc) is 3.34. The van der Waals surface area contributed by atoms with E-state index >= 15 is 0 Å². The molecular formula is C25H26N6O3. The molecule has 9 nitrogen and oxygen atoms in total. The van der Waals surface area contributed by atoms with E-state index in [-0.39, 0.29) is 5.91 Å². The summed E-state index contributed by atoms with van der Waals surface area (Å²) in [7, 11) is 0. The van der Waals surface area contributed by atoms with E-state index in [1.807, 2.05) is 67.6 Å². The molecule has 0 unspecified atom stereocenters. The molecule has 0 radical (unpaired) electrons. The summed E-state index contributed by atoms with van der Waals surface area (Å²) < 4.78 is 11.4. The standard InChI is InChI=1S/C25H26N6O3/c1-2-33-21-11-6-7-12-22(21)34-24-15-14-19(18-27-24)17-26-23(32)13-8-16-31-29-25(28-30-31)20-9-4-3-5-10-20/h3-7,9-12,14-15,18H,2,8,13,16-17H2,1H3,(H,26,32). The lowest BCUT2D eigenvalue weighted by Gasteiger charge is -2.11. The lowest BCUT2D eigenvalue weighted by molar-refractivity contribution is -0.121. The van der Waals surface area contributed by atoms with Crippen LogP contribution in [0.3, 0.4) is 0 Å². The van der Waals surface area contributed by atoms with Gasteiger partial charge in [0.25, 0.3) is 0 Å². The lowest BCUT2D eigenvalue weighted by atomic mass is 10.2. The minimum atomic E-state index is -0.0469. The maximum absolute atomic E-state index is 12.2. The quantitative estimate of drug-likeness (QED) is 0.362. The topological polar surface area (TPSA) is 104 Å². The Balaban J connectivity index is 1.20. The van der Waals surface area contributed by atoms with Crippen molar-refractivity contribution in [2.24, 2.45) is 0 Å². The van der Waals surface area contributed by atoms with Crippen LogP contribution in [0.4, 0.5) is 0 Å². The van der Waals surface area contributed by atoms with Gasteiger partial charge in [0.1, 0.15) is 0 Å². The van der Waals surface area contributed by atoms with Crippen molar-refractivity contribution in [3.63, 3.8) is 0 Å². The fourth-order valence-electron chi connectivity index (χ4n) is 3.21. The normalized spacial score (nSPS) is 10.6. The highest BCUT2D eigenvalue weighted by atomic mass is 16.5. The van der Waals surface area contributed by atoms with E-state index in [1.165, 1.54) is 4.80 Å². The van der Waals surface area contributed by atoms with Crippen LogP contribution in [0.15, 0.2) is 72.9 Å². The highest BCUT2D eigenvalue weighted by Gasteiger charge is 2.08. The monoisotopic (exact) mass is 458 g/mol. The van der Waals surface area contributed by atoms with E-state index in [0.717, 1.165) is 11.1 Å². The summed E-state index contributed by atoms with van der Waals surface area (Å²) >= 11 is 0. The van der Waals surface area contributed by atoms with E-state index in [9.17, 15) is 4.79 Å². The number of rotatable bonds is 11. The Morgan fingerprint density at radius 3 is 2.56 bits per heavy atom. The van der Waals surface area contributed by atoms with E-state index < -0.39 is 0 Å². The summed E-state index contributed by atoms with van der Waals surface area (Å²) in [6.45, 7) is 3.38. The van der Waals surface area contributed by atoms with Crippen molar-refractivity contribution in [3.05, 3.63) is 78.5 Å². The largest absolute Gasteiger partial charge is 0.490 e. The Labute approximate surface area is 197 Å². The summed E-state index contributed by atoms with van der Waals surface area (Å²) in [6.07, 6.45) is 2.66. The zero-order valence-corrected chi connectivity index (χ0v) is 18.9. The van der Waals surface area contributed by atoms with Crippen molar-refractivity contribution >= 4 is 5.91 Å². The Morgan fingerprint density at radius 2 is 1.79 bits per heavy atom. The van der Waals surface area contributed by atoms with Crippen LogP contribution in [0, 0.1) is 0 Å². The number of hydrogen-bond acceptors (Lipinski definition) is 7. The molecule has 1 N–H and O–H groups in total. The molecule has 4 aromatic rings. The second-order valence-corrected chi connectivity index (χ2v) is 7.44. The Hall–Kier alpha value is -4.27. The van der Waals surface area contributed by atoms with Crippen molar-refractivity contribution in [1.82, 2.24) is 30.5 Å². The average molecular weight is 459 g/mol. The first-order valence-electron chi connectivity index (χ1n) is 11.2. The van der Waals surface area contributed by atoms with Crippen LogP contribution in [0.5, 0.6) is 17.4 Å². The Kier molecular flexibility index (Phi) is 7.78.